The lowest BCUT2D eigenvalue weighted by Crippen LogP contribution is -2.42. The zero-order valence-corrected chi connectivity index (χ0v) is 15.1. The molecular weight excluding hydrogens is 332 g/mol. The molecule has 2 heterocycles. The number of likely N-dealkylation sites (tertiary alicyclic amines) is 1. The van der Waals surface area contributed by atoms with Gasteiger partial charge in [0, 0.05) is 51.7 Å². The minimum atomic E-state index is -0.282. The van der Waals surface area contributed by atoms with Crippen molar-refractivity contribution in [2.24, 2.45) is 11.7 Å². The Kier molecular flexibility index (Phi) is 6.60. The Morgan fingerprint density at radius 2 is 1.96 bits per heavy atom. The molecule has 0 bridgehead atoms. The number of benzene rings is 1. The molecule has 26 heavy (non-hydrogen) atoms. The Hall–Kier alpha value is -1.96. The number of hydrogen-bond acceptors (Lipinski definition) is 5. The van der Waals surface area contributed by atoms with Crippen LogP contribution in [0.25, 0.3) is 0 Å². The second-order valence-corrected chi connectivity index (χ2v) is 6.96. The van der Waals surface area contributed by atoms with E-state index in [0.717, 1.165) is 38.4 Å². The van der Waals surface area contributed by atoms with Crippen LogP contribution in [0.3, 0.4) is 0 Å². The Morgan fingerprint density at radius 3 is 2.69 bits per heavy atom. The van der Waals surface area contributed by atoms with Crippen LogP contribution in [-0.2, 0) is 14.3 Å². The number of carbonyl (C=O) groups is 2. The topological polar surface area (TPSA) is 87.9 Å². The number of hydrogen-bond donors (Lipinski definition) is 2. The number of rotatable bonds is 7. The van der Waals surface area contributed by atoms with Gasteiger partial charge in [0.05, 0.1) is 19.1 Å². The first-order valence-electron chi connectivity index (χ1n) is 9.29. The number of nitrogens with one attached hydrogen (secondary N) is 1. The summed E-state index contributed by atoms with van der Waals surface area (Å²) in [5.41, 5.74) is 7.11. The lowest BCUT2D eigenvalue weighted by molar-refractivity contribution is -0.129. The van der Waals surface area contributed by atoms with Crippen molar-refractivity contribution >= 4 is 11.8 Å². The number of carbonyl (C=O) groups excluding carboxylic acids is 2. The predicted molar refractivity (Wildman–Crippen MR) is 98.3 cm³/mol. The lowest BCUT2D eigenvalue weighted by atomic mass is 10.1. The standard InChI is InChI=1S/C19H28N4O3/c20-17(15-4-2-1-3-5-15)13-21-19(25)16-12-18(24)23(14-16)7-6-22-8-10-26-11-9-22/h1-5,16-17H,6-14,20H2,(H,21,25). The first-order chi connectivity index (χ1) is 12.6. The third-order valence-corrected chi connectivity index (χ3v) is 5.10. The van der Waals surface area contributed by atoms with Crippen LogP contribution in [0, 0.1) is 5.92 Å². The summed E-state index contributed by atoms with van der Waals surface area (Å²) in [5, 5.41) is 2.90. The Morgan fingerprint density at radius 1 is 1.23 bits per heavy atom. The van der Waals surface area contributed by atoms with Crippen molar-refractivity contribution in [1.29, 1.82) is 0 Å². The second-order valence-electron chi connectivity index (χ2n) is 6.96. The highest BCUT2D eigenvalue weighted by Gasteiger charge is 2.34. The zero-order valence-electron chi connectivity index (χ0n) is 15.1. The highest BCUT2D eigenvalue weighted by molar-refractivity contribution is 5.89. The third-order valence-electron chi connectivity index (χ3n) is 5.10. The Labute approximate surface area is 154 Å². The maximum absolute atomic E-state index is 12.4. The molecule has 2 unspecified atom stereocenters. The van der Waals surface area contributed by atoms with E-state index in [2.05, 4.69) is 10.2 Å². The van der Waals surface area contributed by atoms with E-state index in [1.807, 2.05) is 30.3 Å². The van der Waals surface area contributed by atoms with E-state index >= 15 is 0 Å². The molecule has 7 nitrogen and oxygen atoms in total. The number of morpholine rings is 1. The highest BCUT2D eigenvalue weighted by atomic mass is 16.5. The summed E-state index contributed by atoms with van der Waals surface area (Å²) in [6.45, 7) is 5.69. The molecule has 7 heteroatoms. The van der Waals surface area contributed by atoms with Gasteiger partial charge >= 0.3 is 0 Å². The van der Waals surface area contributed by atoms with Gasteiger partial charge in [-0.05, 0) is 5.56 Å². The van der Waals surface area contributed by atoms with Crippen molar-refractivity contribution < 1.29 is 14.3 Å². The van der Waals surface area contributed by atoms with E-state index in [4.69, 9.17) is 10.5 Å². The molecule has 1 aromatic rings. The molecule has 2 atom stereocenters. The van der Waals surface area contributed by atoms with Gasteiger partial charge < -0.3 is 20.7 Å². The summed E-state index contributed by atoms with van der Waals surface area (Å²) >= 11 is 0. The van der Waals surface area contributed by atoms with Gasteiger partial charge in [-0.3, -0.25) is 14.5 Å². The molecule has 0 aromatic heterocycles. The lowest BCUT2D eigenvalue weighted by Gasteiger charge is -2.28. The van der Waals surface area contributed by atoms with Crippen molar-refractivity contribution in [3.8, 4) is 0 Å². The number of amides is 2. The molecule has 0 spiro atoms. The summed E-state index contributed by atoms with van der Waals surface area (Å²) in [6.07, 6.45) is 0.287. The molecule has 142 valence electrons. The predicted octanol–water partition coefficient (Wildman–Crippen LogP) is -0.0167. The van der Waals surface area contributed by atoms with Crippen LogP contribution >= 0.6 is 0 Å². The molecule has 2 saturated heterocycles. The summed E-state index contributed by atoms with van der Waals surface area (Å²) in [5.74, 6) is -0.306. The molecule has 0 aliphatic carbocycles. The largest absolute Gasteiger partial charge is 0.379 e. The normalized spacial score (nSPS) is 22.4. The van der Waals surface area contributed by atoms with Crippen molar-refractivity contribution in [1.82, 2.24) is 15.1 Å². The average molecular weight is 360 g/mol. The smallest absolute Gasteiger partial charge is 0.225 e. The van der Waals surface area contributed by atoms with Crippen molar-refractivity contribution in [3.63, 3.8) is 0 Å². The molecule has 3 N–H and O–H groups in total. The number of nitrogens with zero attached hydrogens (tertiary/aromatic N) is 2. The molecule has 0 radical (unpaired) electrons. The first-order valence-corrected chi connectivity index (χ1v) is 9.29. The van der Waals surface area contributed by atoms with Crippen LogP contribution in [0.5, 0.6) is 0 Å². The minimum Gasteiger partial charge on any atom is -0.379 e. The number of nitrogens with two attached hydrogens (primary N) is 1. The molecular formula is C19H28N4O3. The quantitative estimate of drug-likeness (QED) is 0.714. The van der Waals surface area contributed by atoms with E-state index < -0.39 is 0 Å². The molecule has 2 aliphatic heterocycles. The molecule has 1 aromatic carbocycles. The fourth-order valence-electron chi connectivity index (χ4n) is 3.42. The van der Waals surface area contributed by atoms with Gasteiger partial charge in [-0.1, -0.05) is 30.3 Å². The van der Waals surface area contributed by atoms with E-state index in [1.165, 1.54) is 0 Å². The highest BCUT2D eigenvalue weighted by Crippen LogP contribution is 2.18. The van der Waals surface area contributed by atoms with Gasteiger partial charge in [-0.15, -0.1) is 0 Å². The maximum atomic E-state index is 12.4. The van der Waals surface area contributed by atoms with Gasteiger partial charge in [0.25, 0.3) is 0 Å². The van der Waals surface area contributed by atoms with Crippen LogP contribution in [-0.4, -0.2) is 74.1 Å². The van der Waals surface area contributed by atoms with Gasteiger partial charge in [0.1, 0.15) is 0 Å². The fraction of sp³-hybridized carbons (Fsp3) is 0.579. The molecule has 2 amide bonds. The van der Waals surface area contributed by atoms with Crippen molar-refractivity contribution in [3.05, 3.63) is 35.9 Å². The zero-order chi connectivity index (χ0) is 18.4. The van der Waals surface area contributed by atoms with Gasteiger partial charge in [0.15, 0.2) is 0 Å². The number of ether oxygens (including phenoxy) is 1. The third kappa shape index (κ3) is 5.03. The van der Waals surface area contributed by atoms with E-state index in [0.29, 0.717) is 19.6 Å². The summed E-state index contributed by atoms with van der Waals surface area (Å²) < 4.78 is 5.33. The molecule has 0 saturated carbocycles. The van der Waals surface area contributed by atoms with E-state index in [1.54, 1.807) is 4.90 Å². The van der Waals surface area contributed by atoms with Gasteiger partial charge in [0.2, 0.25) is 11.8 Å². The summed E-state index contributed by atoms with van der Waals surface area (Å²) in [7, 11) is 0. The Balaban J connectivity index is 1.41. The minimum absolute atomic E-state index is 0.0609. The van der Waals surface area contributed by atoms with Crippen LogP contribution < -0.4 is 11.1 Å². The average Bonchev–Trinajstić information content (AvgIpc) is 3.06. The SMILES string of the molecule is NC(CNC(=O)C1CC(=O)N(CCN2CCOCC2)C1)c1ccccc1. The monoisotopic (exact) mass is 360 g/mol. The van der Waals surface area contributed by atoms with Crippen LogP contribution in [0.2, 0.25) is 0 Å². The van der Waals surface area contributed by atoms with E-state index in [-0.39, 0.29) is 30.2 Å². The maximum Gasteiger partial charge on any atom is 0.225 e. The van der Waals surface area contributed by atoms with Crippen molar-refractivity contribution in [2.45, 2.75) is 12.5 Å². The van der Waals surface area contributed by atoms with Gasteiger partial charge in [-0.2, -0.15) is 0 Å². The van der Waals surface area contributed by atoms with Crippen LogP contribution in [0.4, 0.5) is 0 Å². The van der Waals surface area contributed by atoms with Crippen LogP contribution in [0.1, 0.15) is 18.0 Å². The molecule has 2 aliphatic rings. The first kappa shape index (κ1) is 18.8. The van der Waals surface area contributed by atoms with Gasteiger partial charge in [-0.25, -0.2) is 0 Å². The summed E-state index contributed by atoms with van der Waals surface area (Å²) in [4.78, 5) is 28.7. The van der Waals surface area contributed by atoms with Crippen molar-refractivity contribution in [2.75, 3.05) is 52.5 Å². The van der Waals surface area contributed by atoms with E-state index in [9.17, 15) is 9.59 Å². The van der Waals surface area contributed by atoms with Crippen LogP contribution in [0.15, 0.2) is 30.3 Å². The molecule has 2 fully saturated rings. The second kappa shape index (κ2) is 9.12. The molecule has 3 rings (SSSR count). The fourth-order valence-corrected chi connectivity index (χ4v) is 3.42. The Bertz CT molecular complexity index is 604. The summed E-state index contributed by atoms with van der Waals surface area (Å²) in [6, 6.07) is 9.45.